The van der Waals surface area contributed by atoms with Crippen LogP contribution in [0, 0.1) is 11.8 Å². The third-order valence-corrected chi connectivity index (χ3v) is 2.28. The smallest absolute Gasteiger partial charge is 0.108 e. The van der Waals surface area contributed by atoms with Crippen LogP contribution in [0.25, 0.3) is 11.0 Å². The van der Waals surface area contributed by atoms with Gasteiger partial charge < -0.3 is 5.11 Å². The third-order valence-electron chi connectivity index (χ3n) is 2.28. The number of nitrogens with zero attached hydrogens (tertiary/aromatic N) is 2. The predicted octanol–water partition coefficient (Wildman–Crippen LogP) is 2.08. The quantitative estimate of drug-likeness (QED) is 0.775. The summed E-state index contributed by atoms with van der Waals surface area (Å²) in [5.74, 6) is 5.57. The van der Waals surface area contributed by atoms with Crippen LogP contribution in [0.1, 0.15) is 25.1 Å². The van der Waals surface area contributed by atoms with Gasteiger partial charge in [0.1, 0.15) is 6.10 Å². The van der Waals surface area contributed by atoms with E-state index in [1.54, 1.807) is 13.1 Å². The second-order valence-corrected chi connectivity index (χ2v) is 3.43. The summed E-state index contributed by atoms with van der Waals surface area (Å²) >= 11 is 0. The number of aromatic nitrogens is 2. The first-order valence-corrected chi connectivity index (χ1v) is 5.10. The van der Waals surface area contributed by atoms with Gasteiger partial charge in [-0.2, -0.15) is 0 Å². The van der Waals surface area contributed by atoms with E-state index in [-0.39, 0.29) is 0 Å². The van der Waals surface area contributed by atoms with Crippen molar-refractivity contribution in [2.45, 2.75) is 19.4 Å². The molecule has 0 aliphatic rings. The highest BCUT2D eigenvalue weighted by molar-refractivity contribution is 5.73. The number of aliphatic hydroxyl groups excluding tert-OH is 1. The van der Waals surface area contributed by atoms with Gasteiger partial charge in [0.2, 0.25) is 0 Å². The maximum Gasteiger partial charge on any atom is 0.108 e. The highest BCUT2D eigenvalue weighted by Gasteiger charge is 2.08. The molecule has 0 aliphatic carbocycles. The number of hydrogen-bond acceptors (Lipinski definition) is 3. The average Bonchev–Trinajstić information content (AvgIpc) is 2.35. The van der Waals surface area contributed by atoms with Gasteiger partial charge in [-0.3, -0.25) is 4.98 Å². The molecule has 3 heteroatoms. The molecule has 0 spiro atoms. The van der Waals surface area contributed by atoms with Crippen molar-refractivity contribution in [3.8, 4) is 11.8 Å². The van der Waals surface area contributed by atoms with Gasteiger partial charge in [0.15, 0.2) is 0 Å². The molecule has 1 unspecified atom stereocenters. The van der Waals surface area contributed by atoms with E-state index in [9.17, 15) is 5.11 Å². The fourth-order valence-electron chi connectivity index (χ4n) is 1.44. The van der Waals surface area contributed by atoms with Gasteiger partial charge in [0.25, 0.3) is 0 Å². The average molecular weight is 212 g/mol. The molecule has 0 amide bonds. The van der Waals surface area contributed by atoms with Gasteiger partial charge in [-0.1, -0.05) is 12.1 Å². The summed E-state index contributed by atoms with van der Waals surface area (Å²) in [6.07, 6.45) is 1.33. The molecule has 0 aliphatic heterocycles. The molecule has 2 aromatic rings. The second-order valence-electron chi connectivity index (χ2n) is 3.43. The van der Waals surface area contributed by atoms with Crippen molar-refractivity contribution in [3.63, 3.8) is 0 Å². The normalized spacial score (nSPS) is 11.9. The van der Waals surface area contributed by atoms with Crippen molar-refractivity contribution in [1.82, 2.24) is 9.97 Å². The SMILES string of the molecule is CC#CCC(O)c1cnc2ccccc2n1. The molecule has 1 N–H and O–H groups in total. The van der Waals surface area contributed by atoms with Crippen LogP contribution in [0.2, 0.25) is 0 Å². The molecule has 0 saturated heterocycles. The van der Waals surface area contributed by atoms with Gasteiger partial charge in [0.05, 0.1) is 22.9 Å². The zero-order valence-corrected chi connectivity index (χ0v) is 9.01. The maximum absolute atomic E-state index is 9.81. The van der Waals surface area contributed by atoms with Crippen LogP contribution in [0.15, 0.2) is 30.5 Å². The third kappa shape index (κ3) is 2.18. The molecule has 16 heavy (non-hydrogen) atoms. The molecule has 1 heterocycles. The van der Waals surface area contributed by atoms with Crippen molar-refractivity contribution in [2.24, 2.45) is 0 Å². The summed E-state index contributed by atoms with van der Waals surface area (Å²) in [6.45, 7) is 1.75. The van der Waals surface area contributed by atoms with Crippen molar-refractivity contribution >= 4 is 11.0 Å². The minimum absolute atomic E-state index is 0.392. The summed E-state index contributed by atoms with van der Waals surface area (Å²) < 4.78 is 0. The summed E-state index contributed by atoms with van der Waals surface area (Å²) in [5, 5.41) is 9.81. The molecular weight excluding hydrogens is 200 g/mol. The first-order chi connectivity index (χ1) is 7.81. The molecular formula is C13H12N2O. The molecule has 1 atom stereocenters. The molecule has 0 saturated carbocycles. The molecule has 1 aromatic carbocycles. The molecule has 1 aromatic heterocycles. The molecule has 0 bridgehead atoms. The van der Waals surface area contributed by atoms with E-state index in [0.29, 0.717) is 12.1 Å². The Hall–Kier alpha value is -1.92. The molecule has 2 rings (SSSR count). The lowest BCUT2D eigenvalue weighted by Gasteiger charge is -2.06. The van der Waals surface area contributed by atoms with Crippen LogP contribution in [-0.4, -0.2) is 15.1 Å². The van der Waals surface area contributed by atoms with Crippen LogP contribution >= 0.6 is 0 Å². The van der Waals surface area contributed by atoms with Gasteiger partial charge in [-0.25, -0.2) is 4.98 Å². The first kappa shape index (κ1) is 10.6. The first-order valence-electron chi connectivity index (χ1n) is 5.10. The monoisotopic (exact) mass is 212 g/mol. The summed E-state index contributed by atoms with van der Waals surface area (Å²) in [6, 6.07) is 7.59. The van der Waals surface area contributed by atoms with E-state index in [0.717, 1.165) is 11.0 Å². The fourth-order valence-corrected chi connectivity index (χ4v) is 1.44. The van der Waals surface area contributed by atoms with Gasteiger partial charge in [-0.15, -0.1) is 11.8 Å². The predicted molar refractivity (Wildman–Crippen MR) is 62.6 cm³/mol. The van der Waals surface area contributed by atoms with Gasteiger partial charge in [0, 0.05) is 6.42 Å². The number of benzene rings is 1. The van der Waals surface area contributed by atoms with Gasteiger partial charge in [-0.05, 0) is 19.1 Å². The molecule has 0 radical (unpaired) electrons. The Kier molecular flexibility index (Phi) is 3.13. The molecule has 0 fully saturated rings. The van der Waals surface area contributed by atoms with Crippen molar-refractivity contribution in [1.29, 1.82) is 0 Å². The fraction of sp³-hybridized carbons (Fsp3) is 0.231. The number of rotatable bonds is 2. The topological polar surface area (TPSA) is 46.0 Å². The van der Waals surface area contributed by atoms with E-state index < -0.39 is 6.10 Å². The number of hydrogen-bond donors (Lipinski definition) is 1. The highest BCUT2D eigenvalue weighted by atomic mass is 16.3. The highest BCUT2D eigenvalue weighted by Crippen LogP contribution is 2.16. The Morgan fingerprint density at radius 3 is 2.81 bits per heavy atom. The van der Waals surface area contributed by atoms with Crippen molar-refractivity contribution in [2.75, 3.05) is 0 Å². The minimum atomic E-state index is -0.662. The maximum atomic E-state index is 9.81. The Morgan fingerprint density at radius 1 is 1.31 bits per heavy atom. The van der Waals surface area contributed by atoms with Gasteiger partial charge >= 0.3 is 0 Å². The van der Waals surface area contributed by atoms with E-state index in [4.69, 9.17) is 0 Å². The van der Waals surface area contributed by atoms with Crippen LogP contribution in [0.4, 0.5) is 0 Å². The van der Waals surface area contributed by atoms with Crippen LogP contribution < -0.4 is 0 Å². The van der Waals surface area contributed by atoms with E-state index in [1.165, 1.54) is 0 Å². The summed E-state index contributed by atoms with van der Waals surface area (Å²) in [4.78, 5) is 8.59. The standard InChI is InChI=1S/C13H12N2O/c1-2-3-8-13(16)12-9-14-10-6-4-5-7-11(10)15-12/h4-7,9,13,16H,8H2,1H3. The molecule has 80 valence electrons. The largest absolute Gasteiger partial charge is 0.386 e. The lowest BCUT2D eigenvalue weighted by atomic mass is 10.2. The van der Waals surface area contributed by atoms with Crippen LogP contribution in [0.5, 0.6) is 0 Å². The summed E-state index contributed by atoms with van der Waals surface area (Å²) in [5.41, 5.74) is 2.20. The van der Waals surface area contributed by atoms with Crippen LogP contribution in [-0.2, 0) is 0 Å². The Bertz CT molecular complexity index is 554. The van der Waals surface area contributed by atoms with E-state index in [2.05, 4.69) is 21.8 Å². The molecule has 3 nitrogen and oxygen atoms in total. The second kappa shape index (κ2) is 4.73. The lowest BCUT2D eigenvalue weighted by molar-refractivity contribution is 0.179. The van der Waals surface area contributed by atoms with Crippen LogP contribution in [0.3, 0.4) is 0 Å². The summed E-state index contributed by atoms with van der Waals surface area (Å²) in [7, 11) is 0. The lowest BCUT2D eigenvalue weighted by Crippen LogP contribution is -2.00. The van der Waals surface area contributed by atoms with E-state index in [1.807, 2.05) is 24.3 Å². The van der Waals surface area contributed by atoms with Crippen molar-refractivity contribution in [3.05, 3.63) is 36.2 Å². The van der Waals surface area contributed by atoms with E-state index >= 15 is 0 Å². The zero-order valence-electron chi connectivity index (χ0n) is 9.01. The number of para-hydroxylation sites is 2. The minimum Gasteiger partial charge on any atom is -0.386 e. The Morgan fingerprint density at radius 2 is 2.06 bits per heavy atom. The number of aliphatic hydroxyl groups is 1. The Balaban J connectivity index is 2.34. The van der Waals surface area contributed by atoms with Crippen molar-refractivity contribution < 1.29 is 5.11 Å². The zero-order chi connectivity index (χ0) is 11.4. The Labute approximate surface area is 94.2 Å². The number of fused-ring (bicyclic) bond motifs is 1.